The van der Waals surface area contributed by atoms with E-state index in [1.165, 1.54) is 31.5 Å². The van der Waals surface area contributed by atoms with Crippen LogP contribution in [0.5, 0.6) is 0 Å². The molecule has 0 spiro atoms. The Hall–Kier alpha value is -2.53. The van der Waals surface area contributed by atoms with Crippen LogP contribution in [0.4, 0.5) is 5.69 Å². The second-order valence-electron chi connectivity index (χ2n) is 6.99. The molecule has 0 atom stereocenters. The van der Waals surface area contributed by atoms with Gasteiger partial charge in [-0.15, -0.1) is 0 Å². The summed E-state index contributed by atoms with van der Waals surface area (Å²) in [6, 6.07) is 6.32. The Morgan fingerprint density at radius 3 is 2.85 bits per heavy atom. The first-order valence-corrected chi connectivity index (χ1v) is 9.62. The molecule has 2 aliphatic rings. The molecular formula is C22H32N4O. The van der Waals surface area contributed by atoms with Gasteiger partial charge in [-0.05, 0) is 56.1 Å². The van der Waals surface area contributed by atoms with Crippen molar-refractivity contribution in [2.75, 3.05) is 45.7 Å². The maximum atomic E-state index is 5.94. The SMILES string of the molecule is C=C/C(=C1/N=C(OCCN2CCCC2)C=CN1C)c1cc(NC)ccc1C.[HH]. The average Bonchev–Trinajstić information content (AvgIpc) is 3.19. The second-order valence-corrected chi connectivity index (χ2v) is 6.99. The lowest BCUT2D eigenvalue weighted by Crippen LogP contribution is -2.26. The molecule has 0 radical (unpaired) electrons. The van der Waals surface area contributed by atoms with E-state index < -0.39 is 0 Å². The molecule has 0 unspecified atom stereocenters. The van der Waals surface area contributed by atoms with Crippen LogP contribution in [0.25, 0.3) is 5.57 Å². The Morgan fingerprint density at radius 2 is 2.15 bits per heavy atom. The normalized spacial score (nSPS) is 19.1. The first-order chi connectivity index (χ1) is 13.1. The minimum absolute atomic E-state index is 0. The molecule has 1 fully saturated rings. The fourth-order valence-electron chi connectivity index (χ4n) is 3.47. The number of aliphatic imine (C=N–C) groups is 1. The minimum Gasteiger partial charge on any atom is -0.476 e. The van der Waals surface area contributed by atoms with Crippen LogP contribution in [0.15, 0.2) is 53.9 Å². The Bertz CT molecular complexity index is 779. The molecule has 2 heterocycles. The fourth-order valence-corrected chi connectivity index (χ4v) is 3.47. The summed E-state index contributed by atoms with van der Waals surface area (Å²) in [6.07, 6.45) is 8.38. The van der Waals surface area contributed by atoms with Gasteiger partial charge in [-0.25, -0.2) is 0 Å². The summed E-state index contributed by atoms with van der Waals surface area (Å²) >= 11 is 0. The van der Waals surface area contributed by atoms with Crippen molar-refractivity contribution < 1.29 is 6.16 Å². The van der Waals surface area contributed by atoms with Crippen molar-refractivity contribution >= 4 is 17.2 Å². The summed E-state index contributed by atoms with van der Waals surface area (Å²) in [6.45, 7) is 10.1. The van der Waals surface area contributed by atoms with Gasteiger partial charge in [0.2, 0.25) is 5.90 Å². The highest BCUT2D eigenvalue weighted by molar-refractivity contribution is 5.91. The zero-order valence-corrected chi connectivity index (χ0v) is 16.7. The summed E-state index contributed by atoms with van der Waals surface area (Å²) < 4.78 is 5.94. The van der Waals surface area contributed by atoms with Gasteiger partial charge in [0.05, 0.1) is 0 Å². The maximum Gasteiger partial charge on any atom is 0.216 e. The van der Waals surface area contributed by atoms with Gasteiger partial charge in [-0.2, -0.15) is 4.99 Å². The van der Waals surface area contributed by atoms with Gasteiger partial charge < -0.3 is 15.0 Å². The lowest BCUT2D eigenvalue weighted by atomic mass is 9.99. The third-order valence-electron chi connectivity index (χ3n) is 5.11. The van der Waals surface area contributed by atoms with E-state index in [2.05, 4.69) is 41.9 Å². The molecule has 0 saturated carbocycles. The molecule has 27 heavy (non-hydrogen) atoms. The molecule has 1 aromatic rings. The van der Waals surface area contributed by atoms with Crippen molar-refractivity contribution in [3.63, 3.8) is 0 Å². The Kier molecular flexibility index (Phi) is 6.35. The van der Waals surface area contributed by atoms with Crippen LogP contribution in [-0.2, 0) is 4.74 Å². The van der Waals surface area contributed by atoms with E-state index >= 15 is 0 Å². The Labute approximate surface area is 164 Å². The summed E-state index contributed by atoms with van der Waals surface area (Å²) in [5, 5.41) is 3.20. The van der Waals surface area contributed by atoms with Crippen molar-refractivity contribution in [1.29, 1.82) is 0 Å². The first kappa shape index (κ1) is 19.2. The number of hydrogen-bond acceptors (Lipinski definition) is 5. The van der Waals surface area contributed by atoms with Gasteiger partial charge in [0.1, 0.15) is 12.4 Å². The van der Waals surface area contributed by atoms with Crippen molar-refractivity contribution in [3.8, 4) is 0 Å². The topological polar surface area (TPSA) is 40.1 Å². The number of hydrogen-bond donors (Lipinski definition) is 1. The summed E-state index contributed by atoms with van der Waals surface area (Å²) in [5.41, 5.74) is 4.37. The van der Waals surface area contributed by atoms with E-state index in [1.54, 1.807) is 0 Å². The minimum atomic E-state index is 0. The number of benzene rings is 1. The zero-order chi connectivity index (χ0) is 19.2. The van der Waals surface area contributed by atoms with E-state index in [1.807, 2.05) is 37.3 Å². The smallest absolute Gasteiger partial charge is 0.216 e. The average molecular weight is 369 g/mol. The van der Waals surface area contributed by atoms with Gasteiger partial charge in [-0.1, -0.05) is 18.7 Å². The molecule has 0 amide bonds. The molecule has 1 saturated heterocycles. The lowest BCUT2D eigenvalue weighted by Gasteiger charge is -2.24. The molecule has 0 aliphatic carbocycles. The Morgan fingerprint density at radius 1 is 1.37 bits per heavy atom. The van der Waals surface area contributed by atoms with Gasteiger partial charge in [0.15, 0.2) is 0 Å². The Balaban J connectivity index is 0.00000280. The van der Waals surface area contributed by atoms with Crippen LogP contribution < -0.4 is 5.32 Å². The number of likely N-dealkylation sites (tertiary alicyclic amines) is 1. The molecule has 1 N–H and O–H groups in total. The number of nitrogens with one attached hydrogen (secondary N) is 1. The lowest BCUT2D eigenvalue weighted by molar-refractivity contribution is 0.229. The van der Waals surface area contributed by atoms with E-state index in [9.17, 15) is 0 Å². The van der Waals surface area contributed by atoms with E-state index in [0.29, 0.717) is 12.5 Å². The highest BCUT2D eigenvalue weighted by atomic mass is 16.5. The number of allylic oxidation sites excluding steroid dienone is 2. The summed E-state index contributed by atoms with van der Waals surface area (Å²) in [4.78, 5) is 9.23. The molecule has 5 nitrogen and oxygen atoms in total. The number of ether oxygens (including phenoxy) is 1. The third-order valence-corrected chi connectivity index (χ3v) is 5.11. The number of anilines is 1. The van der Waals surface area contributed by atoms with E-state index in [4.69, 9.17) is 9.73 Å². The van der Waals surface area contributed by atoms with Crippen molar-refractivity contribution in [2.24, 2.45) is 4.99 Å². The number of aryl methyl sites for hydroxylation is 1. The van der Waals surface area contributed by atoms with Crippen LogP contribution in [0.2, 0.25) is 0 Å². The predicted octanol–water partition coefficient (Wildman–Crippen LogP) is 4.11. The summed E-state index contributed by atoms with van der Waals surface area (Å²) in [7, 11) is 3.92. The molecule has 0 bridgehead atoms. The highest BCUT2D eigenvalue weighted by Gasteiger charge is 2.17. The van der Waals surface area contributed by atoms with Crippen LogP contribution in [-0.4, -0.2) is 56.0 Å². The number of nitrogens with zero attached hydrogens (tertiary/aromatic N) is 3. The van der Waals surface area contributed by atoms with E-state index in [-0.39, 0.29) is 1.43 Å². The molecule has 2 aliphatic heterocycles. The van der Waals surface area contributed by atoms with Crippen LogP contribution in [0.1, 0.15) is 25.4 Å². The van der Waals surface area contributed by atoms with Gasteiger partial charge in [-0.3, -0.25) is 4.90 Å². The van der Waals surface area contributed by atoms with Crippen molar-refractivity contribution in [3.05, 3.63) is 60.1 Å². The van der Waals surface area contributed by atoms with Crippen LogP contribution in [0, 0.1) is 6.92 Å². The molecule has 5 heteroatoms. The molecular weight excluding hydrogens is 336 g/mol. The van der Waals surface area contributed by atoms with Gasteiger partial charge in [0.25, 0.3) is 0 Å². The molecule has 1 aromatic carbocycles. The van der Waals surface area contributed by atoms with Crippen LogP contribution in [0.3, 0.4) is 0 Å². The quantitative estimate of drug-likeness (QED) is 0.820. The molecule has 146 valence electrons. The zero-order valence-electron chi connectivity index (χ0n) is 16.7. The predicted molar refractivity (Wildman–Crippen MR) is 116 cm³/mol. The van der Waals surface area contributed by atoms with Gasteiger partial charge >= 0.3 is 0 Å². The van der Waals surface area contributed by atoms with Crippen molar-refractivity contribution in [1.82, 2.24) is 9.80 Å². The second kappa shape index (κ2) is 8.91. The molecule has 0 aromatic heterocycles. The third kappa shape index (κ3) is 4.61. The first-order valence-electron chi connectivity index (χ1n) is 9.62. The van der Waals surface area contributed by atoms with Crippen LogP contribution >= 0.6 is 0 Å². The monoisotopic (exact) mass is 368 g/mol. The fraction of sp³-hybridized carbons (Fsp3) is 0.409. The van der Waals surface area contributed by atoms with Crippen molar-refractivity contribution in [2.45, 2.75) is 19.8 Å². The van der Waals surface area contributed by atoms with Gasteiger partial charge in [0, 0.05) is 45.6 Å². The van der Waals surface area contributed by atoms with E-state index in [0.717, 1.165) is 29.2 Å². The highest BCUT2D eigenvalue weighted by Crippen LogP contribution is 2.29. The summed E-state index contributed by atoms with van der Waals surface area (Å²) in [5.74, 6) is 1.50. The largest absolute Gasteiger partial charge is 0.476 e. The standard InChI is InChI=1S/C22H30N4O.H2/c1-5-19(20-16-18(23-3)9-8-17(20)2)22-24-21(10-13-25(22)4)27-15-14-26-11-6-7-12-26;/h5,8-10,13,16,23H,1,6-7,11-12,14-15H2,2-4H3;1H/b22-19+;. The maximum absolute atomic E-state index is 5.94. The number of rotatable bonds is 6. The molecule has 3 rings (SSSR count).